The summed E-state index contributed by atoms with van der Waals surface area (Å²) in [6, 6.07) is 7.63. The Morgan fingerprint density at radius 3 is 2.56 bits per heavy atom. The molecule has 3 rings (SSSR count). The van der Waals surface area contributed by atoms with E-state index in [1.165, 1.54) is 6.33 Å². The van der Waals surface area contributed by atoms with E-state index in [0.717, 1.165) is 11.3 Å². The lowest BCUT2D eigenvalue weighted by Crippen LogP contribution is -2.33. The molecule has 1 unspecified atom stereocenters. The summed E-state index contributed by atoms with van der Waals surface area (Å²) < 4.78 is 1.67. The van der Waals surface area contributed by atoms with Gasteiger partial charge in [0.1, 0.15) is 18.5 Å². The first kappa shape index (κ1) is 18.5. The highest BCUT2D eigenvalue weighted by molar-refractivity contribution is 5.79. The standard InChI is InChI=1S/C19H22N6O2/c1-12-17(19(27)23-14(3)22-12)9-18(26)24(4)13(2)15-5-7-16(8-6-15)25-11-20-10-21-25/h5-8,10-11,13H,9H2,1-4H3,(H,22,23,27). The van der Waals surface area contributed by atoms with Gasteiger partial charge in [0.05, 0.1) is 18.2 Å². The Morgan fingerprint density at radius 2 is 1.96 bits per heavy atom. The van der Waals surface area contributed by atoms with Crippen LogP contribution in [0, 0.1) is 13.8 Å². The molecule has 1 N–H and O–H groups in total. The van der Waals surface area contributed by atoms with Crippen molar-refractivity contribution in [3.63, 3.8) is 0 Å². The topological polar surface area (TPSA) is 96.8 Å². The average molecular weight is 366 g/mol. The second-order valence-electron chi connectivity index (χ2n) is 6.50. The average Bonchev–Trinajstić information content (AvgIpc) is 3.18. The molecule has 1 atom stereocenters. The molecule has 0 aliphatic rings. The molecule has 0 saturated carbocycles. The number of hydrogen-bond acceptors (Lipinski definition) is 5. The van der Waals surface area contributed by atoms with Crippen LogP contribution in [-0.4, -0.2) is 42.6 Å². The third-order valence-corrected chi connectivity index (χ3v) is 4.70. The zero-order valence-corrected chi connectivity index (χ0v) is 15.8. The quantitative estimate of drug-likeness (QED) is 0.742. The third kappa shape index (κ3) is 3.94. The van der Waals surface area contributed by atoms with Crippen LogP contribution in [0.25, 0.3) is 5.69 Å². The number of rotatable bonds is 5. The zero-order chi connectivity index (χ0) is 19.6. The van der Waals surface area contributed by atoms with Gasteiger partial charge in [0.25, 0.3) is 5.56 Å². The molecule has 140 valence electrons. The molecular formula is C19H22N6O2. The van der Waals surface area contributed by atoms with Crippen molar-refractivity contribution >= 4 is 5.91 Å². The number of nitrogens with one attached hydrogen (secondary N) is 1. The molecule has 0 aliphatic heterocycles. The minimum atomic E-state index is -0.258. The monoisotopic (exact) mass is 366 g/mol. The fourth-order valence-corrected chi connectivity index (χ4v) is 2.92. The van der Waals surface area contributed by atoms with Crippen LogP contribution in [-0.2, 0) is 11.2 Å². The van der Waals surface area contributed by atoms with Crippen LogP contribution >= 0.6 is 0 Å². The smallest absolute Gasteiger partial charge is 0.254 e. The number of amides is 1. The van der Waals surface area contributed by atoms with Gasteiger partial charge >= 0.3 is 0 Å². The Balaban J connectivity index is 1.74. The number of nitrogens with zero attached hydrogens (tertiary/aromatic N) is 5. The van der Waals surface area contributed by atoms with E-state index in [9.17, 15) is 9.59 Å². The zero-order valence-electron chi connectivity index (χ0n) is 15.8. The molecule has 3 aromatic rings. The Kier molecular flexibility index (Phi) is 5.16. The maximum Gasteiger partial charge on any atom is 0.254 e. The van der Waals surface area contributed by atoms with Gasteiger partial charge in [0.2, 0.25) is 5.91 Å². The van der Waals surface area contributed by atoms with Crippen LogP contribution in [0.1, 0.15) is 35.6 Å². The van der Waals surface area contributed by atoms with Crippen molar-refractivity contribution < 1.29 is 4.79 Å². The van der Waals surface area contributed by atoms with Crippen molar-refractivity contribution in [3.8, 4) is 5.69 Å². The molecule has 2 heterocycles. The largest absolute Gasteiger partial charge is 0.339 e. The molecule has 2 aromatic heterocycles. The van der Waals surface area contributed by atoms with E-state index in [0.29, 0.717) is 17.1 Å². The van der Waals surface area contributed by atoms with Gasteiger partial charge in [-0.15, -0.1) is 0 Å². The number of aromatic nitrogens is 5. The Labute approximate surface area is 156 Å². The highest BCUT2D eigenvalue weighted by Gasteiger charge is 2.20. The molecule has 1 aromatic carbocycles. The Bertz CT molecular complexity index is 992. The van der Waals surface area contributed by atoms with Crippen molar-refractivity contribution in [1.82, 2.24) is 29.6 Å². The van der Waals surface area contributed by atoms with Gasteiger partial charge in [-0.1, -0.05) is 12.1 Å². The lowest BCUT2D eigenvalue weighted by molar-refractivity contribution is -0.131. The van der Waals surface area contributed by atoms with Crippen molar-refractivity contribution in [3.05, 3.63) is 69.9 Å². The van der Waals surface area contributed by atoms with Crippen LogP contribution in [0.15, 0.2) is 41.7 Å². The first-order valence-corrected chi connectivity index (χ1v) is 8.64. The Morgan fingerprint density at radius 1 is 1.26 bits per heavy atom. The van der Waals surface area contributed by atoms with Crippen LogP contribution in [0.4, 0.5) is 0 Å². The summed E-state index contributed by atoms with van der Waals surface area (Å²) in [5.74, 6) is 0.407. The second-order valence-corrected chi connectivity index (χ2v) is 6.50. The van der Waals surface area contributed by atoms with Gasteiger partial charge < -0.3 is 9.88 Å². The molecule has 1 amide bonds. The molecule has 27 heavy (non-hydrogen) atoms. The summed E-state index contributed by atoms with van der Waals surface area (Å²) in [6.45, 7) is 5.42. The number of carbonyl (C=O) groups excluding carboxylic acids is 1. The molecule has 8 heteroatoms. The highest BCUT2D eigenvalue weighted by Crippen LogP contribution is 2.21. The number of likely N-dealkylation sites (N-methyl/N-ethyl adjacent to an activating group) is 1. The van der Waals surface area contributed by atoms with Gasteiger partial charge in [-0.3, -0.25) is 9.59 Å². The number of aromatic amines is 1. The minimum absolute atomic E-state index is 0.0202. The van der Waals surface area contributed by atoms with E-state index >= 15 is 0 Å². The van der Waals surface area contributed by atoms with Gasteiger partial charge in [0, 0.05) is 18.3 Å². The second kappa shape index (κ2) is 7.53. The van der Waals surface area contributed by atoms with Gasteiger partial charge in [0.15, 0.2) is 0 Å². The lowest BCUT2D eigenvalue weighted by atomic mass is 10.1. The number of carbonyl (C=O) groups is 1. The molecule has 0 fully saturated rings. The Hall–Kier alpha value is -3.29. The number of benzene rings is 1. The summed E-state index contributed by atoms with van der Waals surface area (Å²) in [7, 11) is 1.74. The van der Waals surface area contributed by atoms with E-state index in [4.69, 9.17) is 0 Å². The first-order chi connectivity index (χ1) is 12.9. The van der Waals surface area contributed by atoms with Crippen molar-refractivity contribution in [2.45, 2.75) is 33.2 Å². The van der Waals surface area contributed by atoms with E-state index in [2.05, 4.69) is 20.1 Å². The summed E-state index contributed by atoms with van der Waals surface area (Å²) in [5.41, 5.74) is 2.62. The minimum Gasteiger partial charge on any atom is -0.339 e. The van der Waals surface area contributed by atoms with Crippen LogP contribution in [0.3, 0.4) is 0 Å². The molecule has 0 spiro atoms. The molecule has 0 aliphatic carbocycles. The van der Waals surface area contributed by atoms with Gasteiger partial charge in [-0.25, -0.2) is 14.6 Å². The third-order valence-electron chi connectivity index (χ3n) is 4.70. The van der Waals surface area contributed by atoms with Crippen molar-refractivity contribution in [2.24, 2.45) is 0 Å². The van der Waals surface area contributed by atoms with E-state index in [1.807, 2.05) is 31.2 Å². The maximum atomic E-state index is 12.7. The molecule has 0 bridgehead atoms. The number of aryl methyl sites for hydroxylation is 2. The molecule has 0 saturated heterocycles. The fraction of sp³-hybridized carbons (Fsp3) is 0.316. The molecule has 0 radical (unpaired) electrons. The van der Waals surface area contributed by atoms with E-state index in [1.54, 1.807) is 36.8 Å². The number of hydrogen-bond donors (Lipinski definition) is 1. The summed E-state index contributed by atoms with van der Waals surface area (Å²) in [6.07, 6.45) is 3.13. The van der Waals surface area contributed by atoms with Gasteiger partial charge in [-0.2, -0.15) is 5.10 Å². The fourth-order valence-electron chi connectivity index (χ4n) is 2.92. The molecule has 8 nitrogen and oxygen atoms in total. The van der Waals surface area contributed by atoms with Crippen LogP contribution in [0.5, 0.6) is 0 Å². The van der Waals surface area contributed by atoms with Crippen molar-refractivity contribution in [2.75, 3.05) is 7.05 Å². The van der Waals surface area contributed by atoms with E-state index in [-0.39, 0.29) is 23.9 Å². The first-order valence-electron chi connectivity index (χ1n) is 8.64. The highest BCUT2D eigenvalue weighted by atomic mass is 16.2. The van der Waals surface area contributed by atoms with Crippen LogP contribution < -0.4 is 5.56 Å². The summed E-state index contributed by atoms with van der Waals surface area (Å²) in [5, 5.41) is 4.10. The van der Waals surface area contributed by atoms with Crippen LogP contribution in [0.2, 0.25) is 0 Å². The lowest BCUT2D eigenvalue weighted by Gasteiger charge is -2.25. The van der Waals surface area contributed by atoms with E-state index < -0.39 is 0 Å². The number of H-pyrrole nitrogens is 1. The summed E-state index contributed by atoms with van der Waals surface area (Å²) in [4.78, 5) is 37.3. The summed E-state index contributed by atoms with van der Waals surface area (Å²) >= 11 is 0. The molecular weight excluding hydrogens is 344 g/mol. The predicted octanol–water partition coefficient (Wildman–Crippen LogP) is 1.73. The van der Waals surface area contributed by atoms with Crippen molar-refractivity contribution in [1.29, 1.82) is 0 Å². The normalized spacial score (nSPS) is 12.0. The predicted molar refractivity (Wildman–Crippen MR) is 101 cm³/mol. The van der Waals surface area contributed by atoms with Gasteiger partial charge in [-0.05, 0) is 38.5 Å². The maximum absolute atomic E-state index is 12.7. The SMILES string of the molecule is Cc1nc(C)c(CC(=O)N(C)C(C)c2ccc(-n3cncn3)cc2)c(=O)[nH]1.